The minimum Gasteiger partial charge on any atom is -0.361 e. The summed E-state index contributed by atoms with van der Waals surface area (Å²) in [6.45, 7) is 2.07. The number of aromatic amines is 1. The van der Waals surface area contributed by atoms with E-state index in [1.54, 1.807) is 11.8 Å². The number of carbonyl (C=O) groups excluding carboxylic acids is 1. The molecular formula is C14H18N2OS. The van der Waals surface area contributed by atoms with Gasteiger partial charge in [-0.3, -0.25) is 4.79 Å². The van der Waals surface area contributed by atoms with Crippen molar-refractivity contribution in [3.63, 3.8) is 0 Å². The number of thioether (sulfide) groups is 1. The van der Waals surface area contributed by atoms with Gasteiger partial charge in [-0.25, -0.2) is 0 Å². The summed E-state index contributed by atoms with van der Waals surface area (Å²) in [4.78, 5) is 17.4. The molecule has 2 aromatic rings. The molecule has 0 fully saturated rings. The van der Waals surface area contributed by atoms with Gasteiger partial charge in [0, 0.05) is 30.4 Å². The predicted octanol–water partition coefficient (Wildman–Crippen LogP) is 2.99. The molecule has 0 bridgehead atoms. The molecule has 18 heavy (non-hydrogen) atoms. The predicted molar refractivity (Wildman–Crippen MR) is 78.2 cm³/mol. The van der Waals surface area contributed by atoms with E-state index >= 15 is 0 Å². The number of para-hydroxylation sites is 1. The van der Waals surface area contributed by atoms with Gasteiger partial charge in [-0.1, -0.05) is 12.1 Å². The monoisotopic (exact) mass is 262 g/mol. The smallest absolute Gasteiger partial charge is 0.255 e. The van der Waals surface area contributed by atoms with E-state index in [1.807, 2.05) is 42.4 Å². The molecule has 0 aliphatic rings. The highest BCUT2D eigenvalue weighted by molar-refractivity contribution is 7.98. The lowest BCUT2D eigenvalue weighted by Gasteiger charge is -2.24. The van der Waals surface area contributed by atoms with E-state index in [0.717, 1.165) is 22.2 Å². The molecule has 0 aliphatic heterocycles. The summed E-state index contributed by atoms with van der Waals surface area (Å²) < 4.78 is 0. The van der Waals surface area contributed by atoms with E-state index in [2.05, 4.69) is 18.2 Å². The number of aromatic nitrogens is 1. The second-order valence-corrected chi connectivity index (χ2v) is 5.38. The van der Waals surface area contributed by atoms with Gasteiger partial charge in [0.1, 0.15) is 0 Å². The maximum absolute atomic E-state index is 12.5. The van der Waals surface area contributed by atoms with Gasteiger partial charge in [0.15, 0.2) is 0 Å². The van der Waals surface area contributed by atoms with Crippen molar-refractivity contribution < 1.29 is 4.79 Å². The zero-order valence-corrected chi connectivity index (χ0v) is 11.8. The van der Waals surface area contributed by atoms with Gasteiger partial charge in [0.25, 0.3) is 5.91 Å². The lowest BCUT2D eigenvalue weighted by atomic mass is 10.1. The van der Waals surface area contributed by atoms with Crippen LogP contribution in [0.15, 0.2) is 30.5 Å². The minimum atomic E-state index is 0.0737. The number of fused-ring (bicyclic) bond motifs is 1. The van der Waals surface area contributed by atoms with Crippen molar-refractivity contribution in [2.75, 3.05) is 19.1 Å². The van der Waals surface area contributed by atoms with Crippen LogP contribution in [-0.2, 0) is 0 Å². The first kappa shape index (κ1) is 13.0. The largest absolute Gasteiger partial charge is 0.361 e. The van der Waals surface area contributed by atoms with Crippen molar-refractivity contribution >= 4 is 28.6 Å². The van der Waals surface area contributed by atoms with Crippen LogP contribution in [0.25, 0.3) is 10.9 Å². The third-order valence-electron chi connectivity index (χ3n) is 3.21. The summed E-state index contributed by atoms with van der Waals surface area (Å²) in [6, 6.07) is 8.03. The zero-order valence-electron chi connectivity index (χ0n) is 10.9. The maximum atomic E-state index is 12.5. The van der Waals surface area contributed by atoms with Crippen molar-refractivity contribution in [1.82, 2.24) is 9.88 Å². The Morgan fingerprint density at radius 3 is 2.94 bits per heavy atom. The minimum absolute atomic E-state index is 0.0737. The first-order valence-electron chi connectivity index (χ1n) is 5.97. The average Bonchev–Trinajstić information content (AvgIpc) is 2.85. The van der Waals surface area contributed by atoms with E-state index in [1.165, 1.54) is 0 Å². The summed E-state index contributed by atoms with van der Waals surface area (Å²) in [5.41, 5.74) is 1.67. The van der Waals surface area contributed by atoms with Crippen molar-refractivity contribution in [1.29, 1.82) is 0 Å². The van der Waals surface area contributed by atoms with Crippen LogP contribution in [-0.4, -0.2) is 40.9 Å². The molecule has 1 heterocycles. The van der Waals surface area contributed by atoms with Gasteiger partial charge in [-0.05, 0) is 25.3 Å². The summed E-state index contributed by atoms with van der Waals surface area (Å²) in [5.74, 6) is 1.02. The number of carbonyl (C=O) groups is 1. The topological polar surface area (TPSA) is 36.1 Å². The summed E-state index contributed by atoms with van der Waals surface area (Å²) >= 11 is 1.75. The molecule has 1 aromatic heterocycles. The average molecular weight is 262 g/mol. The lowest BCUT2D eigenvalue weighted by Crippen LogP contribution is -2.36. The van der Waals surface area contributed by atoms with E-state index in [0.29, 0.717) is 0 Å². The number of amides is 1. The van der Waals surface area contributed by atoms with E-state index < -0.39 is 0 Å². The summed E-state index contributed by atoms with van der Waals surface area (Å²) in [7, 11) is 1.87. The van der Waals surface area contributed by atoms with Gasteiger partial charge in [-0.2, -0.15) is 11.8 Å². The molecule has 4 heteroatoms. The molecule has 0 aliphatic carbocycles. The molecular weight excluding hydrogens is 244 g/mol. The number of H-pyrrole nitrogens is 1. The molecule has 96 valence electrons. The van der Waals surface area contributed by atoms with Crippen LogP contribution in [0.5, 0.6) is 0 Å². The fourth-order valence-corrected chi connectivity index (χ4v) is 2.71. The highest BCUT2D eigenvalue weighted by Crippen LogP contribution is 2.19. The van der Waals surface area contributed by atoms with Crippen molar-refractivity contribution in [3.05, 3.63) is 36.0 Å². The second-order valence-electron chi connectivity index (χ2n) is 4.47. The SMILES string of the molecule is CSCC(C)N(C)C(=O)c1cccc2cc[nH]c12. The Kier molecular flexibility index (Phi) is 3.97. The molecule has 1 amide bonds. The molecule has 1 aromatic carbocycles. The third-order valence-corrected chi connectivity index (χ3v) is 4.02. The Bertz CT molecular complexity index is 549. The molecule has 3 nitrogen and oxygen atoms in total. The Labute approximate surface area is 112 Å². The van der Waals surface area contributed by atoms with Crippen LogP contribution in [0, 0.1) is 0 Å². The van der Waals surface area contributed by atoms with Gasteiger partial charge >= 0.3 is 0 Å². The van der Waals surface area contributed by atoms with Crippen LogP contribution < -0.4 is 0 Å². The number of nitrogens with zero attached hydrogens (tertiary/aromatic N) is 1. The molecule has 1 unspecified atom stereocenters. The van der Waals surface area contributed by atoms with Crippen LogP contribution >= 0.6 is 11.8 Å². The van der Waals surface area contributed by atoms with Gasteiger partial charge in [0.05, 0.1) is 11.1 Å². The molecule has 2 rings (SSSR count). The molecule has 1 atom stereocenters. The van der Waals surface area contributed by atoms with Gasteiger partial charge < -0.3 is 9.88 Å². The molecule has 0 saturated carbocycles. The molecule has 1 N–H and O–H groups in total. The number of benzene rings is 1. The van der Waals surface area contributed by atoms with Crippen LogP contribution in [0.1, 0.15) is 17.3 Å². The zero-order chi connectivity index (χ0) is 13.1. The first-order chi connectivity index (χ1) is 8.65. The quantitative estimate of drug-likeness (QED) is 0.919. The highest BCUT2D eigenvalue weighted by atomic mass is 32.2. The molecule has 0 spiro atoms. The van der Waals surface area contributed by atoms with Gasteiger partial charge in [-0.15, -0.1) is 0 Å². The number of hydrogen-bond acceptors (Lipinski definition) is 2. The number of rotatable bonds is 4. The van der Waals surface area contributed by atoms with Gasteiger partial charge in [0.2, 0.25) is 0 Å². The molecule has 0 radical (unpaired) electrons. The van der Waals surface area contributed by atoms with E-state index in [4.69, 9.17) is 0 Å². The van der Waals surface area contributed by atoms with Crippen LogP contribution in [0.2, 0.25) is 0 Å². The standard InChI is InChI=1S/C14H18N2OS/c1-10(9-18-3)16(2)14(17)12-6-4-5-11-7-8-15-13(11)12/h4-8,10,15H,9H2,1-3H3. The second kappa shape index (κ2) is 5.48. The Morgan fingerprint density at radius 1 is 1.44 bits per heavy atom. The summed E-state index contributed by atoms with van der Waals surface area (Å²) in [6.07, 6.45) is 3.92. The Balaban J connectivity index is 2.30. The highest BCUT2D eigenvalue weighted by Gasteiger charge is 2.19. The van der Waals surface area contributed by atoms with Crippen LogP contribution in [0.4, 0.5) is 0 Å². The Morgan fingerprint density at radius 2 is 2.22 bits per heavy atom. The van der Waals surface area contributed by atoms with Crippen molar-refractivity contribution in [2.45, 2.75) is 13.0 Å². The fourth-order valence-electron chi connectivity index (χ4n) is 2.01. The number of hydrogen-bond donors (Lipinski definition) is 1. The normalized spacial score (nSPS) is 12.6. The maximum Gasteiger partial charge on any atom is 0.255 e. The summed E-state index contributed by atoms with van der Waals surface area (Å²) in [5, 5.41) is 1.08. The van der Waals surface area contributed by atoms with Crippen molar-refractivity contribution in [3.8, 4) is 0 Å². The van der Waals surface area contributed by atoms with Crippen molar-refractivity contribution in [2.24, 2.45) is 0 Å². The number of nitrogens with one attached hydrogen (secondary N) is 1. The fraction of sp³-hybridized carbons (Fsp3) is 0.357. The van der Waals surface area contributed by atoms with E-state index in [-0.39, 0.29) is 11.9 Å². The lowest BCUT2D eigenvalue weighted by molar-refractivity contribution is 0.0759. The van der Waals surface area contributed by atoms with E-state index in [9.17, 15) is 4.79 Å². The first-order valence-corrected chi connectivity index (χ1v) is 7.36. The Hall–Kier alpha value is -1.42. The third kappa shape index (κ3) is 2.38. The molecule has 0 saturated heterocycles. The van der Waals surface area contributed by atoms with Crippen LogP contribution in [0.3, 0.4) is 0 Å².